The van der Waals surface area contributed by atoms with E-state index in [1.807, 2.05) is 0 Å². The highest BCUT2D eigenvalue weighted by atomic mass is 79.9. The van der Waals surface area contributed by atoms with Gasteiger partial charge in [-0.3, -0.25) is 9.97 Å². The Morgan fingerprint density at radius 3 is 2.71 bits per heavy atom. The predicted molar refractivity (Wildman–Crippen MR) is 59.9 cm³/mol. The quantitative estimate of drug-likeness (QED) is 0.780. The van der Waals surface area contributed by atoms with Crippen molar-refractivity contribution in [2.75, 3.05) is 0 Å². The minimum atomic E-state index is -2.53. The van der Waals surface area contributed by atoms with Gasteiger partial charge in [-0.05, 0) is 19.0 Å². The predicted octanol–water partition coefficient (Wildman–Crippen LogP) is 3.21. The Morgan fingerprint density at radius 1 is 1.21 bits per heavy atom. The summed E-state index contributed by atoms with van der Waals surface area (Å²) in [6.07, 6.45) is -0.668. The van der Waals surface area contributed by atoms with Crippen LogP contribution in [0.3, 0.4) is 0 Å². The number of nitrogens with zero attached hydrogens (tertiary/aromatic N) is 2. The molecule has 0 saturated carbocycles. The van der Waals surface area contributed by atoms with Gasteiger partial charge in [0.2, 0.25) is 0 Å². The molecular formula is C11H9BrN2. The highest BCUT2D eigenvalue weighted by molar-refractivity contribution is 9.10. The summed E-state index contributed by atoms with van der Waals surface area (Å²) in [5, 5.41) is 0. The van der Waals surface area contributed by atoms with Crippen molar-refractivity contribution in [1.29, 1.82) is 0 Å². The number of hydrogen-bond acceptors (Lipinski definition) is 2. The molecule has 0 aliphatic heterocycles. The molecule has 2 rings (SSSR count). The molecule has 2 aromatic rings. The topological polar surface area (TPSA) is 25.8 Å². The van der Waals surface area contributed by atoms with E-state index in [4.69, 9.17) is 6.85 Å². The molecule has 1 aromatic heterocycles. The number of aromatic nitrogens is 2. The maximum atomic E-state index is 7.76. The van der Waals surface area contributed by atoms with Gasteiger partial charge in [0.1, 0.15) is 0 Å². The summed E-state index contributed by atoms with van der Waals surface area (Å²) >= 11 is 3.29. The third-order valence-corrected chi connectivity index (χ3v) is 2.19. The van der Waals surface area contributed by atoms with Crippen molar-refractivity contribution in [3.63, 3.8) is 0 Å². The normalized spacial score (nSPS) is 16.2. The second-order valence-corrected chi connectivity index (χ2v) is 3.57. The zero-order valence-corrected chi connectivity index (χ0v) is 8.67. The summed E-state index contributed by atoms with van der Waals surface area (Å²) in [6, 6.07) is 7.00. The Kier molecular flexibility index (Phi) is 1.39. The van der Waals surface area contributed by atoms with E-state index in [1.165, 1.54) is 0 Å². The molecule has 0 atom stereocenters. The van der Waals surface area contributed by atoms with Crippen LogP contribution in [0.1, 0.15) is 12.5 Å². The molecule has 0 unspecified atom stereocenters. The molecule has 0 aliphatic rings. The number of halogens is 1. The number of benzene rings is 1. The van der Waals surface area contributed by atoms with Gasteiger partial charge >= 0.3 is 0 Å². The van der Waals surface area contributed by atoms with Crippen molar-refractivity contribution in [3.8, 4) is 11.3 Å². The second-order valence-electron chi connectivity index (χ2n) is 2.65. The highest BCUT2D eigenvalue weighted by Crippen LogP contribution is 2.18. The maximum Gasteiger partial charge on any atom is 0.0885 e. The lowest BCUT2D eigenvalue weighted by molar-refractivity contribution is 1.12. The molecule has 1 aromatic carbocycles. The molecule has 0 saturated heterocycles. The fourth-order valence-electron chi connectivity index (χ4n) is 1.00. The first kappa shape index (κ1) is 5.03. The first-order valence-electron chi connectivity index (χ1n) is 6.40. The zero-order valence-electron chi connectivity index (χ0n) is 12.1. The van der Waals surface area contributed by atoms with Gasteiger partial charge in [0.25, 0.3) is 0 Å². The summed E-state index contributed by atoms with van der Waals surface area (Å²) in [6.45, 7) is -2.53. The Morgan fingerprint density at radius 2 is 2.00 bits per heavy atom. The first-order chi connectivity index (χ1) is 8.79. The van der Waals surface area contributed by atoms with Crippen molar-refractivity contribution in [3.05, 3.63) is 46.8 Å². The number of rotatable bonds is 1. The molecule has 0 amide bonds. The molecule has 0 radical (unpaired) electrons. The summed E-state index contributed by atoms with van der Waals surface area (Å²) in [7, 11) is 0. The van der Waals surface area contributed by atoms with Crippen LogP contribution in [0.4, 0.5) is 0 Å². The van der Waals surface area contributed by atoms with Crippen LogP contribution in [-0.4, -0.2) is 9.97 Å². The lowest BCUT2D eigenvalue weighted by Gasteiger charge is -2.00. The lowest BCUT2D eigenvalue weighted by Crippen LogP contribution is -1.87. The summed E-state index contributed by atoms with van der Waals surface area (Å²) < 4.78 is 38.0. The van der Waals surface area contributed by atoms with Crippen LogP contribution in [0.15, 0.2) is 41.1 Å². The van der Waals surface area contributed by atoms with E-state index in [-0.39, 0.29) is 11.9 Å². The van der Waals surface area contributed by atoms with Crippen LogP contribution in [-0.2, 0) is 0 Å². The smallest absolute Gasteiger partial charge is 0.0885 e. The third-order valence-electron chi connectivity index (χ3n) is 1.66. The Labute approximate surface area is 98.2 Å². The minimum absolute atomic E-state index is 0.200. The molecule has 1 heterocycles. The molecule has 0 aliphatic carbocycles. The van der Waals surface area contributed by atoms with Gasteiger partial charge in [-0.25, -0.2) is 0 Å². The van der Waals surface area contributed by atoms with Gasteiger partial charge in [0.05, 0.1) is 20.3 Å². The number of hydrogen-bond donors (Lipinski definition) is 0. The zero-order chi connectivity index (χ0) is 14.2. The largest absolute Gasteiger partial charge is 0.258 e. The Balaban J connectivity index is 2.55. The van der Waals surface area contributed by atoms with E-state index >= 15 is 0 Å². The third kappa shape index (κ3) is 1.99. The van der Waals surface area contributed by atoms with E-state index in [0.29, 0.717) is 5.56 Å². The van der Waals surface area contributed by atoms with Crippen LogP contribution in [0.25, 0.3) is 11.3 Å². The van der Waals surface area contributed by atoms with E-state index in [9.17, 15) is 0 Å². The second kappa shape index (κ2) is 3.88. The molecule has 0 N–H and O–H groups in total. The molecule has 14 heavy (non-hydrogen) atoms. The van der Waals surface area contributed by atoms with Crippen LogP contribution < -0.4 is 0 Å². The van der Waals surface area contributed by atoms with Gasteiger partial charge in [-0.15, -0.1) is 0 Å². The van der Waals surface area contributed by atoms with E-state index < -0.39 is 18.7 Å². The molecule has 0 bridgehead atoms. The monoisotopic (exact) mass is 253 g/mol. The molecular weight excluding hydrogens is 240 g/mol. The van der Waals surface area contributed by atoms with E-state index in [1.54, 1.807) is 24.3 Å². The van der Waals surface area contributed by atoms with Gasteiger partial charge in [0, 0.05) is 20.3 Å². The van der Waals surface area contributed by atoms with Crippen molar-refractivity contribution in [1.82, 2.24) is 9.97 Å². The molecule has 3 heteroatoms. The van der Waals surface area contributed by atoms with Crippen LogP contribution in [0.2, 0.25) is 0 Å². The van der Waals surface area contributed by atoms with Crippen molar-refractivity contribution >= 4 is 15.9 Å². The Hall–Kier alpha value is -1.22. The molecule has 0 fully saturated rings. The summed E-state index contributed by atoms with van der Waals surface area (Å²) in [5.41, 5.74) is 0.371. The molecule has 70 valence electrons. The van der Waals surface area contributed by atoms with E-state index in [2.05, 4.69) is 25.9 Å². The summed E-state index contributed by atoms with van der Waals surface area (Å²) in [4.78, 5) is 7.57. The molecule has 0 spiro atoms. The highest BCUT2D eigenvalue weighted by Gasteiger charge is 1.98. The average Bonchev–Trinajstić information content (AvgIpc) is 2.31. The standard InChI is InChI=1S/C11H9BrN2/c1-8-6-14-11(7-13-8)9-2-4-10(12)5-3-9/h2-7H,1H3/i1D3,6D,7D. The maximum absolute atomic E-state index is 7.76. The fraction of sp³-hybridized carbons (Fsp3) is 0.0909. The van der Waals surface area contributed by atoms with Crippen molar-refractivity contribution in [2.24, 2.45) is 0 Å². The van der Waals surface area contributed by atoms with Crippen LogP contribution in [0, 0.1) is 6.85 Å². The first-order valence-corrected chi connectivity index (χ1v) is 4.70. The van der Waals surface area contributed by atoms with Crippen molar-refractivity contribution in [2.45, 2.75) is 6.85 Å². The van der Waals surface area contributed by atoms with Gasteiger partial charge in [-0.2, -0.15) is 0 Å². The van der Waals surface area contributed by atoms with Crippen molar-refractivity contribution < 1.29 is 6.85 Å². The fourth-order valence-corrected chi connectivity index (χ4v) is 1.27. The van der Waals surface area contributed by atoms with Crippen LogP contribution >= 0.6 is 15.9 Å². The van der Waals surface area contributed by atoms with Crippen LogP contribution in [0.5, 0.6) is 0 Å². The summed E-state index contributed by atoms with van der Waals surface area (Å²) in [5.74, 6) is 0. The average molecular weight is 254 g/mol. The van der Waals surface area contributed by atoms with Gasteiger partial charge in [-0.1, -0.05) is 28.1 Å². The minimum Gasteiger partial charge on any atom is -0.258 e. The SMILES string of the molecule is [2H]c1nc(C([2H])([2H])[2H])c([2H])nc1-c1ccc(Br)cc1. The number of aryl methyl sites for hydroxylation is 1. The Bertz CT molecular complexity index is 610. The van der Waals surface area contributed by atoms with Gasteiger partial charge < -0.3 is 0 Å². The van der Waals surface area contributed by atoms with Gasteiger partial charge in [0.15, 0.2) is 0 Å². The lowest BCUT2D eigenvalue weighted by atomic mass is 10.2. The molecule has 2 nitrogen and oxygen atoms in total. The van der Waals surface area contributed by atoms with E-state index in [0.717, 1.165) is 4.47 Å².